The number of hydrogen-bond donors (Lipinski definition) is 2. The number of sulfonamides is 1. The molecule has 1 aromatic carbocycles. The van der Waals surface area contributed by atoms with Gasteiger partial charge in [-0.15, -0.1) is 0 Å². The summed E-state index contributed by atoms with van der Waals surface area (Å²) in [4.78, 5) is 17.7. The zero-order valence-electron chi connectivity index (χ0n) is 16.0. The second kappa shape index (κ2) is 7.26. The summed E-state index contributed by atoms with van der Waals surface area (Å²) < 4.78 is 34.3. The van der Waals surface area contributed by atoms with Gasteiger partial charge < -0.3 is 14.6 Å². The van der Waals surface area contributed by atoms with Crippen LogP contribution in [-0.2, 0) is 10.0 Å². The first kappa shape index (κ1) is 19.3. The third-order valence-corrected chi connectivity index (χ3v) is 6.33. The molecule has 1 aromatic heterocycles. The molecule has 1 aliphatic rings. The Morgan fingerprint density at radius 2 is 1.81 bits per heavy atom. The van der Waals surface area contributed by atoms with E-state index in [2.05, 4.69) is 9.71 Å². The van der Waals surface area contributed by atoms with Crippen molar-refractivity contribution in [3.05, 3.63) is 40.7 Å². The molecule has 3 rings (SSSR count). The number of rotatable bonds is 5. The minimum atomic E-state index is -3.99. The smallest absolute Gasteiger partial charge is 0.264 e. The minimum Gasteiger partial charge on any atom is -0.495 e. The van der Waals surface area contributed by atoms with Crippen LogP contribution >= 0.6 is 0 Å². The van der Waals surface area contributed by atoms with E-state index in [1.54, 1.807) is 30.9 Å². The Morgan fingerprint density at radius 3 is 2.44 bits per heavy atom. The van der Waals surface area contributed by atoms with E-state index < -0.39 is 10.0 Å². The lowest BCUT2D eigenvalue weighted by molar-refractivity contribution is 0.0788. The van der Waals surface area contributed by atoms with Crippen LogP contribution in [0.3, 0.4) is 0 Å². The predicted octanol–water partition coefficient (Wildman–Crippen LogP) is 2.99. The van der Waals surface area contributed by atoms with Crippen LogP contribution in [0.1, 0.15) is 40.2 Å². The number of aromatic nitrogens is 1. The number of carbonyl (C=O) groups excluding carboxylic acids is 1. The number of carbonyl (C=O) groups is 1. The van der Waals surface area contributed by atoms with Crippen LogP contribution in [0.2, 0.25) is 0 Å². The van der Waals surface area contributed by atoms with E-state index in [9.17, 15) is 13.2 Å². The van der Waals surface area contributed by atoms with Crippen LogP contribution in [0, 0.1) is 20.8 Å². The maximum absolute atomic E-state index is 13.2. The van der Waals surface area contributed by atoms with Crippen LogP contribution in [0.5, 0.6) is 5.75 Å². The summed E-state index contributed by atoms with van der Waals surface area (Å²) in [6.45, 7) is 6.56. The third-order valence-electron chi connectivity index (χ3n) is 4.79. The summed E-state index contributed by atoms with van der Waals surface area (Å²) in [5, 5.41) is 0. The number of hydrogen-bond acceptors (Lipinski definition) is 4. The first-order valence-electron chi connectivity index (χ1n) is 8.90. The lowest BCUT2D eigenvalue weighted by atomic mass is 10.2. The normalized spacial score (nSPS) is 14.4. The molecule has 0 spiro atoms. The molecule has 0 radical (unpaired) electrons. The monoisotopic (exact) mass is 391 g/mol. The van der Waals surface area contributed by atoms with Gasteiger partial charge >= 0.3 is 0 Å². The molecule has 146 valence electrons. The quantitative estimate of drug-likeness (QED) is 0.820. The zero-order valence-corrected chi connectivity index (χ0v) is 16.9. The minimum absolute atomic E-state index is 0.000425. The Balaban J connectivity index is 2.05. The molecule has 0 atom stereocenters. The molecule has 7 nitrogen and oxygen atoms in total. The van der Waals surface area contributed by atoms with Gasteiger partial charge in [-0.1, -0.05) is 6.07 Å². The van der Waals surface area contributed by atoms with Gasteiger partial charge in [0.05, 0.1) is 18.4 Å². The molecule has 8 heteroatoms. The maximum Gasteiger partial charge on any atom is 0.264 e. The number of anilines is 1. The zero-order chi connectivity index (χ0) is 19.8. The van der Waals surface area contributed by atoms with Crippen molar-refractivity contribution in [2.75, 3.05) is 24.9 Å². The Bertz CT molecular complexity index is 973. The molecule has 0 unspecified atom stereocenters. The highest BCUT2D eigenvalue weighted by atomic mass is 32.2. The number of nitrogens with one attached hydrogen (secondary N) is 2. The molecule has 1 saturated heterocycles. The number of amides is 1. The van der Waals surface area contributed by atoms with Crippen molar-refractivity contribution in [2.24, 2.45) is 0 Å². The standard InChI is InChI=1S/C19H25N3O4S/c1-12-7-8-16(26-4)15(11-12)21-27(24,25)18-14(3)20-13(2)17(18)19(23)22-9-5-6-10-22/h7-8,11,20-21H,5-6,9-10H2,1-4H3. The van der Waals surface area contributed by atoms with E-state index in [1.165, 1.54) is 7.11 Å². The van der Waals surface area contributed by atoms with E-state index >= 15 is 0 Å². The van der Waals surface area contributed by atoms with Crippen LogP contribution in [0.25, 0.3) is 0 Å². The average molecular weight is 391 g/mol. The Hall–Kier alpha value is -2.48. The second-order valence-electron chi connectivity index (χ2n) is 6.89. The highest BCUT2D eigenvalue weighted by Gasteiger charge is 2.32. The molecule has 2 N–H and O–H groups in total. The van der Waals surface area contributed by atoms with Crippen molar-refractivity contribution in [2.45, 2.75) is 38.5 Å². The van der Waals surface area contributed by atoms with E-state index in [0.29, 0.717) is 35.9 Å². The first-order chi connectivity index (χ1) is 12.7. The first-order valence-corrected chi connectivity index (χ1v) is 10.4. The molecule has 27 heavy (non-hydrogen) atoms. The van der Waals surface area contributed by atoms with Crippen LogP contribution in [0.4, 0.5) is 5.69 Å². The largest absolute Gasteiger partial charge is 0.495 e. The fraction of sp³-hybridized carbons (Fsp3) is 0.421. The number of aromatic amines is 1. The molecule has 0 bridgehead atoms. The van der Waals surface area contributed by atoms with Crippen LogP contribution < -0.4 is 9.46 Å². The summed E-state index contributed by atoms with van der Waals surface area (Å²) in [5.41, 5.74) is 2.45. The van der Waals surface area contributed by atoms with Gasteiger partial charge in [-0.05, 0) is 51.3 Å². The fourth-order valence-corrected chi connectivity index (χ4v) is 5.04. The summed E-state index contributed by atoms with van der Waals surface area (Å²) in [7, 11) is -2.50. The van der Waals surface area contributed by atoms with Gasteiger partial charge in [0.2, 0.25) is 0 Å². The molecule has 0 saturated carbocycles. The number of likely N-dealkylation sites (tertiary alicyclic amines) is 1. The van der Waals surface area contributed by atoms with Gasteiger partial charge in [0.1, 0.15) is 10.6 Å². The van der Waals surface area contributed by atoms with E-state index in [0.717, 1.165) is 18.4 Å². The van der Waals surface area contributed by atoms with Crippen molar-refractivity contribution in [3.8, 4) is 5.75 Å². The third kappa shape index (κ3) is 3.66. The van der Waals surface area contributed by atoms with Crippen molar-refractivity contribution in [3.63, 3.8) is 0 Å². The highest BCUT2D eigenvalue weighted by Crippen LogP contribution is 2.31. The van der Waals surface area contributed by atoms with Gasteiger partial charge in [-0.25, -0.2) is 8.42 Å². The molecular weight excluding hydrogens is 366 g/mol. The molecular formula is C19H25N3O4S. The lowest BCUT2D eigenvalue weighted by Gasteiger charge is -2.17. The van der Waals surface area contributed by atoms with Gasteiger partial charge in [-0.2, -0.15) is 0 Å². The van der Waals surface area contributed by atoms with Gasteiger partial charge in [-0.3, -0.25) is 9.52 Å². The van der Waals surface area contributed by atoms with Gasteiger partial charge in [0.15, 0.2) is 0 Å². The van der Waals surface area contributed by atoms with Crippen LogP contribution in [0.15, 0.2) is 23.1 Å². The number of benzene rings is 1. The Morgan fingerprint density at radius 1 is 1.15 bits per heavy atom. The van der Waals surface area contributed by atoms with E-state index in [-0.39, 0.29) is 16.4 Å². The molecule has 1 aliphatic heterocycles. The lowest BCUT2D eigenvalue weighted by Crippen LogP contribution is -2.30. The van der Waals surface area contributed by atoms with Crippen molar-refractivity contribution in [1.29, 1.82) is 0 Å². The maximum atomic E-state index is 13.2. The summed E-state index contributed by atoms with van der Waals surface area (Å²) in [6, 6.07) is 5.25. The number of H-pyrrole nitrogens is 1. The summed E-state index contributed by atoms with van der Waals surface area (Å²) in [5.74, 6) is 0.174. The molecule has 1 amide bonds. The predicted molar refractivity (Wildman–Crippen MR) is 104 cm³/mol. The average Bonchev–Trinajstić information content (AvgIpc) is 3.22. The van der Waals surface area contributed by atoms with Crippen molar-refractivity contribution >= 4 is 21.6 Å². The molecule has 2 heterocycles. The Kier molecular flexibility index (Phi) is 5.19. The van der Waals surface area contributed by atoms with E-state index in [4.69, 9.17) is 4.74 Å². The number of ether oxygens (including phenoxy) is 1. The SMILES string of the molecule is COc1ccc(C)cc1NS(=O)(=O)c1c(C)[nH]c(C)c1C(=O)N1CCCC1. The van der Waals surface area contributed by atoms with Gasteiger partial charge in [0, 0.05) is 24.5 Å². The van der Waals surface area contributed by atoms with Crippen LogP contribution in [-0.4, -0.2) is 44.4 Å². The van der Waals surface area contributed by atoms with E-state index in [1.807, 2.05) is 13.0 Å². The number of nitrogens with zero attached hydrogens (tertiary/aromatic N) is 1. The van der Waals surface area contributed by atoms with Crippen molar-refractivity contribution < 1.29 is 17.9 Å². The number of aryl methyl sites for hydroxylation is 3. The Labute approximate surface area is 159 Å². The molecule has 0 aliphatic carbocycles. The fourth-order valence-electron chi connectivity index (χ4n) is 3.53. The van der Waals surface area contributed by atoms with Gasteiger partial charge in [0.25, 0.3) is 15.9 Å². The van der Waals surface area contributed by atoms with Crippen molar-refractivity contribution in [1.82, 2.24) is 9.88 Å². The molecule has 2 aromatic rings. The second-order valence-corrected chi connectivity index (χ2v) is 8.51. The topological polar surface area (TPSA) is 91.5 Å². The summed E-state index contributed by atoms with van der Waals surface area (Å²) >= 11 is 0. The highest BCUT2D eigenvalue weighted by molar-refractivity contribution is 7.92. The number of methoxy groups -OCH3 is 1. The molecule has 1 fully saturated rings. The summed E-state index contributed by atoms with van der Waals surface area (Å²) in [6.07, 6.45) is 1.88.